The average molecular weight is 292 g/mol. The molecule has 1 aliphatic rings. The maximum atomic E-state index is 11.9. The van der Waals surface area contributed by atoms with E-state index in [0.717, 1.165) is 0 Å². The number of anilines is 2. The van der Waals surface area contributed by atoms with Crippen LogP contribution in [0.2, 0.25) is 10.3 Å². The first kappa shape index (κ1) is 12.8. The normalized spacial score (nSPS) is 20.1. The Morgan fingerprint density at radius 1 is 1.59 bits per heavy atom. The molecule has 1 unspecified atom stereocenters. The highest BCUT2D eigenvalue weighted by atomic mass is 35.5. The third kappa shape index (κ3) is 2.46. The van der Waals surface area contributed by atoms with Crippen molar-refractivity contribution in [1.82, 2.24) is 4.98 Å². The Kier molecular flexibility index (Phi) is 3.70. The molecule has 1 saturated heterocycles. The van der Waals surface area contributed by atoms with Gasteiger partial charge < -0.3 is 10.6 Å². The lowest BCUT2D eigenvalue weighted by atomic mass is 10.1. The van der Waals surface area contributed by atoms with Gasteiger partial charge in [-0.3, -0.25) is 4.79 Å². The molecule has 0 radical (unpaired) electrons. The zero-order chi connectivity index (χ0) is 12.6. The fraction of sp³-hybridized carbons (Fsp3) is 0.400. The smallest absolute Gasteiger partial charge is 0.227 e. The lowest BCUT2D eigenvalue weighted by molar-refractivity contribution is -0.117. The number of nitrogens with zero attached hydrogens (tertiary/aromatic N) is 2. The summed E-state index contributed by atoms with van der Waals surface area (Å²) in [5.74, 6) is 0.861. The van der Waals surface area contributed by atoms with E-state index in [0.29, 0.717) is 30.1 Å². The van der Waals surface area contributed by atoms with Gasteiger partial charge in [0.15, 0.2) is 5.15 Å². The molecule has 92 valence electrons. The summed E-state index contributed by atoms with van der Waals surface area (Å²) in [5.41, 5.74) is 6.64. The van der Waals surface area contributed by atoms with Crippen LogP contribution in [0.25, 0.3) is 0 Å². The first-order valence-electron chi connectivity index (χ1n) is 5.05. The summed E-state index contributed by atoms with van der Waals surface area (Å²) in [6, 6.07) is 1.49. The van der Waals surface area contributed by atoms with E-state index in [4.69, 9.17) is 28.9 Å². The Bertz CT molecular complexity index is 446. The summed E-state index contributed by atoms with van der Waals surface area (Å²) in [4.78, 5) is 17.3. The van der Waals surface area contributed by atoms with E-state index in [-0.39, 0.29) is 22.1 Å². The predicted octanol–water partition coefficient (Wildman–Crippen LogP) is 2.25. The van der Waals surface area contributed by atoms with Crippen molar-refractivity contribution in [2.75, 3.05) is 22.9 Å². The van der Waals surface area contributed by atoms with Crippen molar-refractivity contribution in [3.8, 4) is 0 Å². The van der Waals surface area contributed by atoms with Gasteiger partial charge in [0, 0.05) is 19.0 Å². The number of amides is 1. The van der Waals surface area contributed by atoms with Crippen LogP contribution in [0.1, 0.15) is 6.42 Å². The highest BCUT2D eigenvalue weighted by Crippen LogP contribution is 2.36. The molecule has 0 saturated carbocycles. The van der Waals surface area contributed by atoms with Crippen molar-refractivity contribution in [1.29, 1.82) is 0 Å². The number of rotatable bonds is 2. The van der Waals surface area contributed by atoms with Gasteiger partial charge >= 0.3 is 0 Å². The zero-order valence-electron chi connectivity index (χ0n) is 8.86. The van der Waals surface area contributed by atoms with E-state index in [1.54, 1.807) is 4.90 Å². The summed E-state index contributed by atoms with van der Waals surface area (Å²) < 4.78 is 0. The van der Waals surface area contributed by atoms with E-state index in [2.05, 4.69) is 17.6 Å². The van der Waals surface area contributed by atoms with Crippen molar-refractivity contribution in [2.45, 2.75) is 6.42 Å². The van der Waals surface area contributed by atoms with Crippen LogP contribution in [0.5, 0.6) is 0 Å². The Morgan fingerprint density at radius 3 is 2.82 bits per heavy atom. The van der Waals surface area contributed by atoms with Gasteiger partial charge in [-0.05, 0) is 11.7 Å². The number of hydrogen-bond acceptors (Lipinski definition) is 4. The second-order valence-corrected chi connectivity index (χ2v) is 5.04. The van der Waals surface area contributed by atoms with E-state index in [9.17, 15) is 4.79 Å². The van der Waals surface area contributed by atoms with Crippen molar-refractivity contribution in [3.63, 3.8) is 0 Å². The molecule has 0 spiro atoms. The van der Waals surface area contributed by atoms with Crippen LogP contribution < -0.4 is 10.6 Å². The quantitative estimate of drug-likeness (QED) is 0.649. The standard InChI is InChI=1S/C10H11Cl2N3OS/c11-7-2-6(13)9(10(12)14-7)15-3-5(4-17)1-8(15)16/h2,5,17H,1,3-4H2,(H2,13,14). The third-order valence-corrected chi connectivity index (χ3v) is 3.66. The van der Waals surface area contributed by atoms with Crippen LogP contribution in [0.4, 0.5) is 11.4 Å². The molecule has 4 nitrogen and oxygen atoms in total. The summed E-state index contributed by atoms with van der Waals surface area (Å²) >= 11 is 15.9. The van der Waals surface area contributed by atoms with Gasteiger partial charge in [0.1, 0.15) is 10.8 Å². The van der Waals surface area contributed by atoms with E-state index >= 15 is 0 Å². The number of nitrogen functional groups attached to an aromatic ring is 1. The van der Waals surface area contributed by atoms with Gasteiger partial charge in [0.05, 0.1) is 5.69 Å². The number of hydrogen-bond donors (Lipinski definition) is 2. The molecule has 2 rings (SSSR count). The van der Waals surface area contributed by atoms with Crippen molar-refractivity contribution in [3.05, 3.63) is 16.4 Å². The number of carbonyl (C=O) groups excluding carboxylic acids is 1. The fourth-order valence-corrected chi connectivity index (χ4v) is 2.67. The molecule has 1 fully saturated rings. The van der Waals surface area contributed by atoms with Crippen molar-refractivity contribution >= 4 is 53.1 Å². The largest absolute Gasteiger partial charge is 0.397 e. The Morgan fingerprint density at radius 2 is 2.29 bits per heavy atom. The molecule has 2 N–H and O–H groups in total. The lowest BCUT2D eigenvalue weighted by Gasteiger charge is -2.19. The van der Waals surface area contributed by atoms with E-state index in [1.807, 2.05) is 0 Å². The minimum atomic E-state index is -0.0122. The van der Waals surface area contributed by atoms with Crippen LogP contribution in [-0.4, -0.2) is 23.2 Å². The first-order chi connectivity index (χ1) is 8.02. The van der Waals surface area contributed by atoms with Gasteiger partial charge in [-0.2, -0.15) is 12.6 Å². The van der Waals surface area contributed by atoms with Crippen LogP contribution >= 0.6 is 35.8 Å². The van der Waals surface area contributed by atoms with Gasteiger partial charge in [0.25, 0.3) is 0 Å². The van der Waals surface area contributed by atoms with Gasteiger partial charge in [-0.25, -0.2) is 4.98 Å². The fourth-order valence-electron chi connectivity index (χ4n) is 1.88. The molecule has 17 heavy (non-hydrogen) atoms. The molecule has 0 aromatic carbocycles. The molecular weight excluding hydrogens is 281 g/mol. The van der Waals surface area contributed by atoms with E-state index in [1.165, 1.54) is 6.07 Å². The number of aromatic nitrogens is 1. The Labute approximate surface area is 114 Å². The van der Waals surface area contributed by atoms with Crippen LogP contribution in [0.3, 0.4) is 0 Å². The Hall–Kier alpha value is -0.650. The average Bonchev–Trinajstić information content (AvgIpc) is 2.59. The van der Waals surface area contributed by atoms with Crippen LogP contribution in [0.15, 0.2) is 6.07 Å². The van der Waals surface area contributed by atoms with Crippen molar-refractivity contribution in [2.24, 2.45) is 5.92 Å². The molecular formula is C10H11Cl2N3OS. The van der Waals surface area contributed by atoms with Crippen molar-refractivity contribution < 1.29 is 4.79 Å². The summed E-state index contributed by atoms with van der Waals surface area (Å²) in [5, 5.41) is 0.372. The third-order valence-electron chi connectivity index (χ3n) is 2.68. The van der Waals surface area contributed by atoms with E-state index < -0.39 is 0 Å². The number of thiol groups is 1. The molecule has 1 amide bonds. The molecule has 1 aromatic heterocycles. The predicted molar refractivity (Wildman–Crippen MR) is 73.0 cm³/mol. The highest BCUT2D eigenvalue weighted by molar-refractivity contribution is 7.80. The first-order valence-corrected chi connectivity index (χ1v) is 6.44. The molecule has 2 heterocycles. The minimum absolute atomic E-state index is 0.0122. The summed E-state index contributed by atoms with van der Waals surface area (Å²) in [6.07, 6.45) is 0.460. The molecule has 0 bridgehead atoms. The maximum Gasteiger partial charge on any atom is 0.227 e. The van der Waals surface area contributed by atoms with Gasteiger partial charge in [-0.15, -0.1) is 0 Å². The second kappa shape index (κ2) is 4.92. The summed E-state index contributed by atoms with van der Waals surface area (Å²) in [7, 11) is 0. The zero-order valence-corrected chi connectivity index (χ0v) is 11.3. The molecule has 7 heteroatoms. The van der Waals surface area contributed by atoms with Gasteiger partial charge in [0.2, 0.25) is 5.91 Å². The summed E-state index contributed by atoms with van der Waals surface area (Å²) in [6.45, 7) is 0.565. The molecule has 1 atom stereocenters. The monoisotopic (exact) mass is 291 g/mol. The van der Waals surface area contributed by atoms with Crippen LogP contribution in [0, 0.1) is 5.92 Å². The number of nitrogens with two attached hydrogens (primary N) is 1. The lowest BCUT2D eigenvalue weighted by Crippen LogP contribution is -2.26. The SMILES string of the molecule is Nc1cc(Cl)nc(Cl)c1N1CC(CS)CC1=O. The molecule has 1 aromatic rings. The maximum absolute atomic E-state index is 11.9. The number of pyridine rings is 1. The minimum Gasteiger partial charge on any atom is -0.397 e. The Balaban J connectivity index is 2.38. The van der Waals surface area contributed by atoms with Gasteiger partial charge in [-0.1, -0.05) is 23.2 Å². The highest BCUT2D eigenvalue weighted by Gasteiger charge is 2.32. The number of carbonyl (C=O) groups is 1. The molecule has 1 aliphatic heterocycles. The topological polar surface area (TPSA) is 59.2 Å². The number of halogens is 2. The van der Waals surface area contributed by atoms with Crippen LogP contribution in [-0.2, 0) is 4.79 Å². The second-order valence-electron chi connectivity index (χ2n) is 3.93. The molecule has 0 aliphatic carbocycles.